The summed E-state index contributed by atoms with van der Waals surface area (Å²) in [6.07, 6.45) is 3.20. The Bertz CT molecular complexity index is 2230. The summed E-state index contributed by atoms with van der Waals surface area (Å²) in [6, 6.07) is 39.7. The third kappa shape index (κ3) is 5.72. The van der Waals surface area contributed by atoms with Gasteiger partial charge in [0.1, 0.15) is 11.5 Å². The predicted octanol–water partition coefficient (Wildman–Crippen LogP) is 7.45. The van der Waals surface area contributed by atoms with E-state index in [-0.39, 0.29) is 0 Å². The van der Waals surface area contributed by atoms with Crippen LogP contribution >= 0.6 is 0 Å². The number of carboxylic acid groups (broad SMARTS) is 2. The topological polar surface area (TPSA) is 127 Å². The fraction of sp³-hybridized carbons (Fsp3) is 0.0244. The molecule has 6 aromatic rings. The van der Waals surface area contributed by atoms with Crippen LogP contribution in [0.5, 0.6) is 11.5 Å². The highest BCUT2D eigenvalue weighted by Gasteiger charge is 2.46. The van der Waals surface area contributed by atoms with E-state index in [2.05, 4.69) is 48.5 Å². The highest BCUT2D eigenvalue weighted by atomic mass is 16.5. The van der Waals surface area contributed by atoms with Crippen LogP contribution in [0.4, 0.5) is 0 Å². The first-order valence-corrected chi connectivity index (χ1v) is 15.3. The van der Waals surface area contributed by atoms with Gasteiger partial charge in [-0.2, -0.15) is 0 Å². The van der Waals surface area contributed by atoms with Gasteiger partial charge in [-0.25, -0.2) is 19.2 Å². The average Bonchev–Trinajstić information content (AvgIpc) is 3.40. The van der Waals surface area contributed by atoms with E-state index < -0.39 is 29.3 Å². The highest BCUT2D eigenvalue weighted by Crippen LogP contribution is 2.56. The van der Waals surface area contributed by atoms with E-state index >= 15 is 0 Å². The van der Waals surface area contributed by atoms with Crippen molar-refractivity contribution in [3.05, 3.63) is 168 Å². The summed E-state index contributed by atoms with van der Waals surface area (Å²) in [5, 5.41) is 21.1. The minimum absolute atomic E-state index is 0.295. The molecule has 6 aromatic carbocycles. The number of aliphatic carboxylic acids is 2. The molecule has 1 aliphatic rings. The highest BCUT2D eigenvalue weighted by molar-refractivity contribution is 5.95. The average molecular weight is 647 g/mol. The zero-order chi connectivity index (χ0) is 34.1. The lowest BCUT2D eigenvalue weighted by Gasteiger charge is -2.34. The Morgan fingerprint density at radius 2 is 0.857 bits per heavy atom. The fourth-order valence-electron chi connectivity index (χ4n) is 6.64. The van der Waals surface area contributed by atoms with Crippen LogP contribution in [0.1, 0.15) is 22.3 Å². The van der Waals surface area contributed by atoms with E-state index in [1.165, 1.54) is 0 Å². The summed E-state index contributed by atoms with van der Waals surface area (Å²) in [6.45, 7) is 0. The number of carbonyl (C=O) groups excluding carboxylic acids is 2. The SMILES string of the molecule is O=C(O)C=CC(=O)Oc1ccc2cc(C3(c4ccc5cc(OC(=O)C=CC(=O)O)ccc5c4)c4ccccc4-c4ccccc43)ccc2c1. The van der Waals surface area contributed by atoms with Crippen LogP contribution in [0.25, 0.3) is 32.7 Å². The molecule has 8 nitrogen and oxygen atoms in total. The predicted molar refractivity (Wildman–Crippen MR) is 184 cm³/mol. The molecular weight excluding hydrogens is 620 g/mol. The van der Waals surface area contributed by atoms with Gasteiger partial charge in [-0.15, -0.1) is 0 Å². The number of fused-ring (bicyclic) bond motifs is 5. The van der Waals surface area contributed by atoms with Gasteiger partial charge in [-0.05, 0) is 91.3 Å². The van der Waals surface area contributed by atoms with Gasteiger partial charge in [0.15, 0.2) is 0 Å². The lowest BCUT2D eigenvalue weighted by molar-refractivity contribution is -0.133. The zero-order valence-electron chi connectivity index (χ0n) is 25.7. The van der Waals surface area contributed by atoms with Gasteiger partial charge >= 0.3 is 23.9 Å². The Labute approximate surface area is 279 Å². The first-order chi connectivity index (χ1) is 23.7. The van der Waals surface area contributed by atoms with E-state index in [1.807, 2.05) is 48.5 Å². The smallest absolute Gasteiger partial charge is 0.336 e. The molecule has 0 spiro atoms. The Kier molecular flexibility index (Phi) is 7.82. The second kappa shape index (κ2) is 12.4. The van der Waals surface area contributed by atoms with Crippen molar-refractivity contribution >= 4 is 45.4 Å². The molecule has 0 bridgehead atoms. The minimum Gasteiger partial charge on any atom is -0.478 e. The number of carboxylic acids is 2. The second-order valence-corrected chi connectivity index (χ2v) is 11.5. The first kappa shape index (κ1) is 30.8. The van der Waals surface area contributed by atoms with Crippen molar-refractivity contribution in [3.8, 4) is 22.6 Å². The summed E-state index contributed by atoms with van der Waals surface area (Å²) in [7, 11) is 0. The van der Waals surface area contributed by atoms with Crippen LogP contribution in [0, 0.1) is 0 Å². The third-order valence-electron chi connectivity index (χ3n) is 8.60. The van der Waals surface area contributed by atoms with E-state index in [0.29, 0.717) is 11.5 Å². The molecule has 0 radical (unpaired) electrons. The van der Waals surface area contributed by atoms with Crippen molar-refractivity contribution < 1.29 is 38.9 Å². The number of rotatable bonds is 8. The molecule has 7 rings (SSSR count). The molecule has 238 valence electrons. The van der Waals surface area contributed by atoms with E-state index in [9.17, 15) is 19.2 Å². The van der Waals surface area contributed by atoms with E-state index in [0.717, 1.165) is 79.2 Å². The van der Waals surface area contributed by atoms with E-state index in [1.54, 1.807) is 24.3 Å². The molecule has 0 aliphatic heterocycles. The summed E-state index contributed by atoms with van der Waals surface area (Å²) in [4.78, 5) is 45.8. The summed E-state index contributed by atoms with van der Waals surface area (Å²) < 4.78 is 10.7. The van der Waals surface area contributed by atoms with Crippen molar-refractivity contribution in [2.45, 2.75) is 5.41 Å². The van der Waals surface area contributed by atoms with Gasteiger partial charge in [0.25, 0.3) is 0 Å². The quantitative estimate of drug-likeness (QED) is 0.0991. The van der Waals surface area contributed by atoms with Crippen molar-refractivity contribution in [3.63, 3.8) is 0 Å². The Hall–Kier alpha value is -6.80. The number of esters is 2. The lowest BCUT2D eigenvalue weighted by Crippen LogP contribution is -2.28. The molecule has 1 aliphatic carbocycles. The van der Waals surface area contributed by atoms with Gasteiger partial charge in [0.2, 0.25) is 0 Å². The maximum atomic E-state index is 12.1. The molecule has 0 saturated carbocycles. The molecule has 0 amide bonds. The normalized spacial score (nSPS) is 13.0. The molecule has 0 heterocycles. The Balaban J connectivity index is 1.35. The standard InChI is InChI=1S/C41H26O8/c42-37(43)17-19-39(46)48-31-15-11-25-21-29(13-9-27(25)23-31)41(35-7-3-1-5-33(35)34-6-2-4-8-36(34)41)30-14-10-28-24-32(16-12-26(28)22-30)49-40(47)20-18-38(44)45/h1-24H,(H,42,43)(H,44,45). The molecule has 0 aromatic heterocycles. The van der Waals surface area contributed by atoms with Gasteiger partial charge in [-0.3, -0.25) is 0 Å². The van der Waals surface area contributed by atoms with Crippen LogP contribution in [0.3, 0.4) is 0 Å². The monoisotopic (exact) mass is 646 g/mol. The van der Waals surface area contributed by atoms with E-state index in [4.69, 9.17) is 19.7 Å². The summed E-state index contributed by atoms with van der Waals surface area (Å²) >= 11 is 0. The van der Waals surface area contributed by atoms with Gasteiger partial charge < -0.3 is 19.7 Å². The lowest BCUT2D eigenvalue weighted by atomic mass is 9.67. The van der Waals surface area contributed by atoms with Crippen molar-refractivity contribution in [1.29, 1.82) is 0 Å². The van der Waals surface area contributed by atoms with Gasteiger partial charge in [0, 0.05) is 24.3 Å². The Morgan fingerprint density at radius 3 is 1.29 bits per heavy atom. The Morgan fingerprint density at radius 1 is 0.469 bits per heavy atom. The summed E-state index contributed by atoms with van der Waals surface area (Å²) in [5.74, 6) is -3.46. The molecule has 2 N–H and O–H groups in total. The van der Waals surface area contributed by atoms with Crippen molar-refractivity contribution in [2.75, 3.05) is 0 Å². The number of carbonyl (C=O) groups is 4. The van der Waals surface area contributed by atoms with Crippen molar-refractivity contribution in [1.82, 2.24) is 0 Å². The fourth-order valence-corrected chi connectivity index (χ4v) is 6.64. The van der Waals surface area contributed by atoms with Gasteiger partial charge in [0.05, 0.1) is 5.41 Å². The van der Waals surface area contributed by atoms with Crippen LogP contribution in [0.15, 0.2) is 146 Å². The maximum absolute atomic E-state index is 12.1. The van der Waals surface area contributed by atoms with Crippen LogP contribution < -0.4 is 9.47 Å². The number of hydrogen-bond acceptors (Lipinski definition) is 6. The van der Waals surface area contributed by atoms with Crippen LogP contribution in [-0.2, 0) is 24.6 Å². The first-order valence-electron chi connectivity index (χ1n) is 15.3. The number of hydrogen-bond donors (Lipinski definition) is 2. The third-order valence-corrected chi connectivity index (χ3v) is 8.60. The number of benzene rings is 6. The van der Waals surface area contributed by atoms with Gasteiger partial charge in [-0.1, -0.05) is 84.9 Å². The van der Waals surface area contributed by atoms with Crippen LogP contribution in [-0.4, -0.2) is 34.1 Å². The molecule has 0 atom stereocenters. The molecular formula is C41H26O8. The largest absolute Gasteiger partial charge is 0.478 e. The minimum atomic E-state index is -1.24. The molecule has 49 heavy (non-hydrogen) atoms. The molecule has 8 heteroatoms. The zero-order valence-corrected chi connectivity index (χ0v) is 25.7. The maximum Gasteiger partial charge on any atom is 0.336 e. The number of ether oxygens (including phenoxy) is 2. The molecule has 0 saturated heterocycles. The molecule has 0 unspecified atom stereocenters. The van der Waals surface area contributed by atoms with Crippen LogP contribution in [0.2, 0.25) is 0 Å². The molecule has 0 fully saturated rings. The second-order valence-electron chi connectivity index (χ2n) is 11.5. The van der Waals surface area contributed by atoms with Crippen molar-refractivity contribution in [2.24, 2.45) is 0 Å². The summed E-state index contributed by atoms with van der Waals surface area (Å²) in [5.41, 5.74) is 5.87.